The summed E-state index contributed by atoms with van der Waals surface area (Å²) in [6.07, 6.45) is 2.47. The quantitative estimate of drug-likeness (QED) is 0.930. The fourth-order valence-electron chi connectivity index (χ4n) is 2.16. The molecule has 104 valence electrons. The molecule has 1 amide bonds. The Balaban J connectivity index is 1.82. The van der Waals surface area contributed by atoms with Gasteiger partial charge in [-0.3, -0.25) is 4.79 Å². The number of fused-ring (bicyclic) bond motifs is 3. The Labute approximate surface area is 121 Å². The molecule has 1 aliphatic heterocycles. The molecule has 3 rings (SSSR count). The van der Waals surface area contributed by atoms with Crippen molar-refractivity contribution >= 4 is 22.4 Å². The molecule has 0 unspecified atom stereocenters. The van der Waals surface area contributed by atoms with Crippen molar-refractivity contribution in [2.75, 3.05) is 5.32 Å². The fourth-order valence-corrected chi connectivity index (χ4v) is 3.07. The number of nitrogens with one attached hydrogen (secondary N) is 1. The van der Waals surface area contributed by atoms with Crippen molar-refractivity contribution in [3.05, 3.63) is 29.1 Å². The summed E-state index contributed by atoms with van der Waals surface area (Å²) in [7, 11) is 0. The van der Waals surface area contributed by atoms with Crippen LogP contribution in [-0.2, 0) is 11.4 Å². The first-order valence-electron chi connectivity index (χ1n) is 6.79. The van der Waals surface area contributed by atoms with Crippen molar-refractivity contribution in [1.29, 1.82) is 0 Å². The molecule has 0 spiro atoms. The molecule has 20 heavy (non-hydrogen) atoms. The molecule has 0 atom stereocenters. The number of carbonyl (C=O) groups is 1. The third-order valence-electron chi connectivity index (χ3n) is 3.20. The van der Waals surface area contributed by atoms with Crippen LogP contribution in [0, 0.1) is 0 Å². The van der Waals surface area contributed by atoms with Crippen molar-refractivity contribution in [1.82, 2.24) is 4.98 Å². The number of amides is 1. The molecule has 2 heterocycles. The zero-order chi connectivity index (χ0) is 13.9. The molecule has 1 aromatic carbocycles. The standard InChI is InChI=1S/C15H16N2O2S/c1-2-3-8-13(18)16-15-17-14-10-6-4-5-7-11(10)19-9-12(14)20-15/h4-7H,2-3,8-9H2,1H3,(H,16,17,18). The molecule has 0 bridgehead atoms. The molecule has 0 saturated carbocycles. The molecular weight excluding hydrogens is 272 g/mol. The van der Waals surface area contributed by atoms with Crippen molar-refractivity contribution in [2.45, 2.75) is 32.8 Å². The lowest BCUT2D eigenvalue weighted by Gasteiger charge is -2.15. The van der Waals surface area contributed by atoms with Gasteiger partial charge in [0.2, 0.25) is 5.91 Å². The van der Waals surface area contributed by atoms with Crippen LogP contribution in [0.3, 0.4) is 0 Å². The number of carbonyl (C=O) groups excluding carboxylic acids is 1. The van der Waals surface area contributed by atoms with E-state index in [9.17, 15) is 4.79 Å². The van der Waals surface area contributed by atoms with E-state index in [0.29, 0.717) is 18.2 Å². The molecule has 1 aromatic heterocycles. The van der Waals surface area contributed by atoms with Gasteiger partial charge in [0.05, 0.1) is 10.6 Å². The Kier molecular flexibility index (Phi) is 3.69. The predicted octanol–water partition coefficient (Wildman–Crippen LogP) is 3.83. The van der Waals surface area contributed by atoms with E-state index in [-0.39, 0.29) is 5.91 Å². The van der Waals surface area contributed by atoms with Crippen LogP contribution >= 0.6 is 11.3 Å². The average Bonchev–Trinajstić information content (AvgIpc) is 2.88. The Hall–Kier alpha value is -1.88. The third-order valence-corrected chi connectivity index (χ3v) is 4.15. The lowest BCUT2D eigenvalue weighted by atomic mass is 10.1. The van der Waals surface area contributed by atoms with Crippen molar-refractivity contribution < 1.29 is 9.53 Å². The molecule has 1 aliphatic rings. The third kappa shape index (κ3) is 2.54. The van der Waals surface area contributed by atoms with Gasteiger partial charge >= 0.3 is 0 Å². The van der Waals surface area contributed by atoms with Gasteiger partial charge in [0.15, 0.2) is 5.13 Å². The van der Waals surface area contributed by atoms with E-state index in [1.54, 1.807) is 0 Å². The smallest absolute Gasteiger partial charge is 0.226 e. The molecule has 0 radical (unpaired) electrons. The van der Waals surface area contributed by atoms with Crippen molar-refractivity contribution in [3.63, 3.8) is 0 Å². The lowest BCUT2D eigenvalue weighted by molar-refractivity contribution is -0.116. The SMILES string of the molecule is CCCCC(=O)Nc1nc2c(s1)COc1ccccc1-2. The number of rotatable bonds is 4. The normalized spacial score (nSPS) is 12.2. The van der Waals surface area contributed by atoms with Gasteiger partial charge in [0, 0.05) is 12.0 Å². The van der Waals surface area contributed by atoms with E-state index >= 15 is 0 Å². The first-order valence-corrected chi connectivity index (χ1v) is 7.61. The summed E-state index contributed by atoms with van der Waals surface area (Å²) in [5.74, 6) is 0.890. The highest BCUT2D eigenvalue weighted by molar-refractivity contribution is 7.16. The van der Waals surface area contributed by atoms with Crippen LogP contribution in [-0.4, -0.2) is 10.9 Å². The van der Waals surface area contributed by atoms with Crippen LogP contribution < -0.4 is 10.1 Å². The number of para-hydroxylation sites is 1. The van der Waals surface area contributed by atoms with Crippen molar-refractivity contribution in [3.8, 4) is 17.0 Å². The predicted molar refractivity (Wildman–Crippen MR) is 80.0 cm³/mol. The highest BCUT2D eigenvalue weighted by Crippen LogP contribution is 2.40. The minimum Gasteiger partial charge on any atom is -0.487 e. The Morgan fingerprint density at radius 1 is 1.45 bits per heavy atom. The Morgan fingerprint density at radius 2 is 2.30 bits per heavy atom. The number of thiazole rings is 1. The maximum atomic E-state index is 11.8. The maximum absolute atomic E-state index is 11.8. The highest BCUT2D eigenvalue weighted by atomic mass is 32.1. The van der Waals surface area contributed by atoms with E-state index in [2.05, 4.69) is 17.2 Å². The zero-order valence-corrected chi connectivity index (χ0v) is 12.1. The number of aromatic nitrogens is 1. The summed E-state index contributed by atoms with van der Waals surface area (Å²) in [5.41, 5.74) is 1.93. The van der Waals surface area contributed by atoms with E-state index < -0.39 is 0 Å². The molecule has 5 heteroatoms. The summed E-state index contributed by atoms with van der Waals surface area (Å²) in [6.45, 7) is 2.60. The summed E-state index contributed by atoms with van der Waals surface area (Å²) < 4.78 is 5.69. The number of anilines is 1. The van der Waals surface area contributed by atoms with Crippen LogP contribution in [0.25, 0.3) is 11.3 Å². The maximum Gasteiger partial charge on any atom is 0.226 e. The van der Waals surface area contributed by atoms with Crippen LogP contribution in [0.15, 0.2) is 24.3 Å². The Bertz CT molecular complexity index is 637. The molecule has 0 aliphatic carbocycles. The van der Waals surface area contributed by atoms with Crippen LogP contribution in [0.4, 0.5) is 5.13 Å². The second-order valence-electron chi connectivity index (χ2n) is 4.73. The van der Waals surface area contributed by atoms with Gasteiger partial charge in [-0.15, -0.1) is 0 Å². The number of unbranched alkanes of at least 4 members (excludes halogenated alkanes) is 1. The van der Waals surface area contributed by atoms with Gasteiger partial charge in [-0.05, 0) is 18.6 Å². The average molecular weight is 288 g/mol. The van der Waals surface area contributed by atoms with Gasteiger partial charge in [-0.1, -0.05) is 36.8 Å². The topological polar surface area (TPSA) is 51.2 Å². The van der Waals surface area contributed by atoms with E-state index in [4.69, 9.17) is 4.74 Å². The Morgan fingerprint density at radius 3 is 3.15 bits per heavy atom. The molecule has 4 nitrogen and oxygen atoms in total. The molecule has 1 N–H and O–H groups in total. The number of ether oxygens (including phenoxy) is 1. The number of benzene rings is 1. The zero-order valence-electron chi connectivity index (χ0n) is 11.3. The van der Waals surface area contributed by atoms with Gasteiger partial charge in [-0.2, -0.15) is 0 Å². The van der Waals surface area contributed by atoms with Gasteiger partial charge in [-0.25, -0.2) is 4.98 Å². The van der Waals surface area contributed by atoms with Crippen LogP contribution in [0.1, 0.15) is 31.1 Å². The van der Waals surface area contributed by atoms with E-state index in [1.165, 1.54) is 11.3 Å². The number of hydrogen-bond acceptors (Lipinski definition) is 4. The largest absolute Gasteiger partial charge is 0.487 e. The van der Waals surface area contributed by atoms with Gasteiger partial charge in [0.1, 0.15) is 12.4 Å². The van der Waals surface area contributed by atoms with Gasteiger partial charge < -0.3 is 10.1 Å². The van der Waals surface area contributed by atoms with Gasteiger partial charge in [0.25, 0.3) is 0 Å². The summed E-state index contributed by atoms with van der Waals surface area (Å²) in [4.78, 5) is 17.4. The summed E-state index contributed by atoms with van der Waals surface area (Å²) in [5, 5.41) is 3.54. The fraction of sp³-hybridized carbons (Fsp3) is 0.333. The highest BCUT2D eigenvalue weighted by Gasteiger charge is 2.22. The molecule has 2 aromatic rings. The summed E-state index contributed by atoms with van der Waals surface area (Å²) >= 11 is 1.49. The first-order chi connectivity index (χ1) is 9.78. The molecular formula is C15H16N2O2S. The van der Waals surface area contributed by atoms with Crippen LogP contribution in [0.5, 0.6) is 5.75 Å². The van der Waals surface area contributed by atoms with E-state index in [0.717, 1.165) is 34.7 Å². The minimum atomic E-state index is 0.0344. The second-order valence-corrected chi connectivity index (χ2v) is 5.81. The first kappa shape index (κ1) is 13.1. The molecule has 0 fully saturated rings. The van der Waals surface area contributed by atoms with Crippen LogP contribution in [0.2, 0.25) is 0 Å². The lowest BCUT2D eigenvalue weighted by Crippen LogP contribution is -2.10. The number of hydrogen-bond donors (Lipinski definition) is 1. The van der Waals surface area contributed by atoms with E-state index in [1.807, 2.05) is 24.3 Å². The monoisotopic (exact) mass is 288 g/mol. The summed E-state index contributed by atoms with van der Waals surface area (Å²) in [6, 6.07) is 7.85. The van der Waals surface area contributed by atoms with Crippen molar-refractivity contribution in [2.24, 2.45) is 0 Å². The second kappa shape index (κ2) is 5.63. The minimum absolute atomic E-state index is 0.0344. The number of nitrogens with zero attached hydrogens (tertiary/aromatic N) is 1. The molecule has 0 saturated heterocycles.